The maximum atomic E-state index is 12.9. The topological polar surface area (TPSA) is 64.1 Å². The van der Waals surface area contributed by atoms with E-state index in [0.29, 0.717) is 18.8 Å². The normalized spacial score (nSPS) is 14.7. The summed E-state index contributed by atoms with van der Waals surface area (Å²) in [6, 6.07) is 5.40. The number of nitrogens with zero attached hydrogens (tertiary/aromatic N) is 3. The van der Waals surface area contributed by atoms with Crippen molar-refractivity contribution < 1.29 is 19.1 Å². The molecule has 21 heavy (non-hydrogen) atoms. The largest absolute Gasteiger partial charge is 0.395 e. The number of carbonyl (C=O) groups is 2. The molecule has 1 aromatic rings. The van der Waals surface area contributed by atoms with Crippen LogP contribution in [0.1, 0.15) is 0 Å². The highest BCUT2D eigenvalue weighted by molar-refractivity contribution is 5.96. The van der Waals surface area contributed by atoms with Crippen LogP contribution in [0.15, 0.2) is 24.3 Å². The molecule has 114 valence electrons. The summed E-state index contributed by atoms with van der Waals surface area (Å²) in [4.78, 5) is 28.5. The predicted octanol–water partition coefficient (Wildman–Crippen LogP) is 0.518. The van der Waals surface area contributed by atoms with Crippen molar-refractivity contribution in [2.75, 3.05) is 44.7 Å². The van der Waals surface area contributed by atoms with Gasteiger partial charge in [0, 0.05) is 32.4 Å². The lowest BCUT2D eigenvalue weighted by Gasteiger charge is -2.21. The average molecular weight is 295 g/mol. The molecular formula is C14H18FN3O3. The third-order valence-corrected chi connectivity index (χ3v) is 3.42. The van der Waals surface area contributed by atoms with E-state index >= 15 is 0 Å². The number of aliphatic hydroxyl groups is 1. The van der Waals surface area contributed by atoms with Crippen LogP contribution < -0.4 is 4.90 Å². The van der Waals surface area contributed by atoms with Gasteiger partial charge in [0.1, 0.15) is 12.4 Å². The molecule has 1 saturated heterocycles. The first kappa shape index (κ1) is 15.2. The summed E-state index contributed by atoms with van der Waals surface area (Å²) in [5, 5.41) is 8.80. The SMILES string of the molecule is CN(CCO)C(=O)CN1CCN(c2ccc(F)cc2)C1=O. The number of benzene rings is 1. The standard InChI is InChI=1S/C14H18FN3O3/c1-16(8-9-19)13(20)10-17-6-7-18(14(17)21)12-4-2-11(15)3-5-12/h2-5,19H,6-10H2,1H3. The van der Waals surface area contributed by atoms with Gasteiger partial charge in [-0.25, -0.2) is 9.18 Å². The minimum atomic E-state index is -0.358. The Bertz CT molecular complexity index is 521. The molecule has 0 bridgehead atoms. The number of carbonyl (C=O) groups excluding carboxylic acids is 2. The molecule has 0 aliphatic carbocycles. The first-order chi connectivity index (χ1) is 10.0. The monoisotopic (exact) mass is 295 g/mol. The zero-order valence-electron chi connectivity index (χ0n) is 11.8. The Morgan fingerprint density at radius 3 is 2.62 bits per heavy atom. The molecule has 1 N–H and O–H groups in total. The van der Waals surface area contributed by atoms with E-state index in [0.717, 1.165) is 0 Å². The van der Waals surface area contributed by atoms with Crippen molar-refractivity contribution in [1.29, 1.82) is 0 Å². The van der Waals surface area contributed by atoms with Gasteiger partial charge in [0.2, 0.25) is 5.91 Å². The third-order valence-electron chi connectivity index (χ3n) is 3.42. The van der Waals surface area contributed by atoms with E-state index in [9.17, 15) is 14.0 Å². The summed E-state index contributed by atoms with van der Waals surface area (Å²) >= 11 is 0. The molecule has 0 spiro atoms. The number of hydrogen-bond donors (Lipinski definition) is 1. The van der Waals surface area contributed by atoms with Crippen molar-refractivity contribution in [2.45, 2.75) is 0 Å². The molecule has 0 radical (unpaired) electrons. The molecule has 2 rings (SSSR count). The van der Waals surface area contributed by atoms with Gasteiger partial charge in [0.25, 0.3) is 0 Å². The summed E-state index contributed by atoms with van der Waals surface area (Å²) < 4.78 is 12.9. The van der Waals surface area contributed by atoms with Gasteiger partial charge < -0.3 is 14.9 Å². The second kappa shape index (κ2) is 6.53. The van der Waals surface area contributed by atoms with Crippen LogP contribution in [-0.2, 0) is 4.79 Å². The maximum Gasteiger partial charge on any atom is 0.325 e. The van der Waals surface area contributed by atoms with Crippen LogP contribution in [0, 0.1) is 5.82 Å². The van der Waals surface area contributed by atoms with Gasteiger partial charge in [-0.15, -0.1) is 0 Å². The Kier molecular flexibility index (Phi) is 4.74. The Balaban J connectivity index is 1.98. The fourth-order valence-electron chi connectivity index (χ4n) is 2.15. The number of amides is 3. The van der Waals surface area contributed by atoms with Crippen LogP contribution in [0.2, 0.25) is 0 Å². The molecule has 1 aliphatic rings. The highest BCUT2D eigenvalue weighted by Gasteiger charge is 2.31. The Labute approximate surface area is 122 Å². The molecule has 0 aromatic heterocycles. The fourth-order valence-corrected chi connectivity index (χ4v) is 2.15. The Morgan fingerprint density at radius 1 is 1.33 bits per heavy atom. The van der Waals surface area contributed by atoms with Crippen molar-refractivity contribution in [1.82, 2.24) is 9.80 Å². The van der Waals surface area contributed by atoms with Crippen molar-refractivity contribution in [3.8, 4) is 0 Å². The molecule has 0 atom stereocenters. The van der Waals surface area contributed by atoms with Crippen LogP contribution in [0.5, 0.6) is 0 Å². The minimum Gasteiger partial charge on any atom is -0.395 e. The first-order valence-electron chi connectivity index (χ1n) is 6.69. The van der Waals surface area contributed by atoms with Gasteiger partial charge in [-0.2, -0.15) is 0 Å². The van der Waals surface area contributed by atoms with Gasteiger partial charge in [-0.1, -0.05) is 0 Å². The van der Waals surface area contributed by atoms with Crippen molar-refractivity contribution in [3.63, 3.8) is 0 Å². The van der Waals surface area contributed by atoms with Crippen molar-refractivity contribution in [2.24, 2.45) is 0 Å². The lowest BCUT2D eigenvalue weighted by molar-refractivity contribution is -0.130. The van der Waals surface area contributed by atoms with Crippen molar-refractivity contribution in [3.05, 3.63) is 30.1 Å². The van der Waals surface area contributed by atoms with Crippen LogP contribution in [0.3, 0.4) is 0 Å². The number of anilines is 1. The molecular weight excluding hydrogens is 277 g/mol. The zero-order valence-corrected chi connectivity index (χ0v) is 11.8. The van der Waals surface area contributed by atoms with Gasteiger partial charge in [-0.3, -0.25) is 9.69 Å². The Morgan fingerprint density at radius 2 is 2.00 bits per heavy atom. The summed E-state index contributed by atoms with van der Waals surface area (Å²) in [5.74, 6) is -0.582. The van der Waals surface area contributed by atoms with Crippen molar-refractivity contribution >= 4 is 17.6 Å². The second-order valence-corrected chi connectivity index (χ2v) is 4.87. The fraction of sp³-hybridized carbons (Fsp3) is 0.429. The van der Waals surface area contributed by atoms with E-state index in [4.69, 9.17) is 5.11 Å². The summed E-state index contributed by atoms with van der Waals surface area (Å²) in [5.41, 5.74) is 0.611. The summed E-state index contributed by atoms with van der Waals surface area (Å²) in [6.45, 7) is 1.00. The van der Waals surface area contributed by atoms with E-state index in [1.54, 1.807) is 7.05 Å². The number of halogens is 1. The van der Waals surface area contributed by atoms with Crippen LogP contribution in [0.4, 0.5) is 14.9 Å². The highest BCUT2D eigenvalue weighted by atomic mass is 19.1. The van der Waals surface area contributed by atoms with Gasteiger partial charge >= 0.3 is 6.03 Å². The number of hydrogen-bond acceptors (Lipinski definition) is 3. The molecule has 1 fully saturated rings. The van der Waals surface area contributed by atoms with E-state index in [-0.39, 0.29) is 37.5 Å². The smallest absolute Gasteiger partial charge is 0.325 e. The quantitative estimate of drug-likeness (QED) is 0.861. The number of urea groups is 1. The average Bonchev–Trinajstić information content (AvgIpc) is 2.81. The van der Waals surface area contributed by atoms with E-state index in [2.05, 4.69) is 0 Å². The lowest BCUT2D eigenvalue weighted by atomic mass is 10.3. The number of rotatable bonds is 5. The maximum absolute atomic E-state index is 12.9. The third kappa shape index (κ3) is 3.49. The molecule has 1 aliphatic heterocycles. The first-order valence-corrected chi connectivity index (χ1v) is 6.69. The minimum absolute atomic E-state index is 0.0208. The van der Waals surface area contributed by atoms with Gasteiger partial charge in [0.15, 0.2) is 0 Å². The summed E-state index contributed by atoms with van der Waals surface area (Å²) in [6.07, 6.45) is 0. The lowest BCUT2D eigenvalue weighted by Crippen LogP contribution is -2.41. The zero-order chi connectivity index (χ0) is 15.4. The molecule has 7 heteroatoms. The molecule has 3 amide bonds. The molecule has 1 aromatic carbocycles. The molecule has 0 unspecified atom stereocenters. The number of aliphatic hydroxyl groups excluding tert-OH is 1. The van der Waals surface area contributed by atoms with Crippen LogP contribution >= 0.6 is 0 Å². The predicted molar refractivity (Wildman–Crippen MR) is 75.4 cm³/mol. The molecule has 6 nitrogen and oxygen atoms in total. The number of likely N-dealkylation sites (N-methyl/N-ethyl adjacent to an activating group) is 1. The van der Waals surface area contributed by atoms with Gasteiger partial charge in [-0.05, 0) is 24.3 Å². The van der Waals surface area contributed by atoms with E-state index < -0.39 is 0 Å². The van der Waals surface area contributed by atoms with E-state index in [1.807, 2.05) is 0 Å². The Hall–Kier alpha value is -2.15. The highest BCUT2D eigenvalue weighted by Crippen LogP contribution is 2.20. The summed E-state index contributed by atoms with van der Waals surface area (Å²) in [7, 11) is 1.58. The van der Waals surface area contributed by atoms with Gasteiger partial charge in [0.05, 0.1) is 6.61 Å². The molecule has 1 heterocycles. The second-order valence-electron chi connectivity index (χ2n) is 4.87. The molecule has 0 saturated carbocycles. The van der Waals surface area contributed by atoms with Crippen LogP contribution in [0.25, 0.3) is 0 Å². The van der Waals surface area contributed by atoms with Crippen LogP contribution in [-0.4, -0.2) is 66.7 Å². The van der Waals surface area contributed by atoms with E-state index in [1.165, 1.54) is 39.0 Å².